The van der Waals surface area contributed by atoms with Crippen LogP contribution < -0.4 is 10.6 Å². The summed E-state index contributed by atoms with van der Waals surface area (Å²) in [5, 5.41) is 6.82. The van der Waals surface area contributed by atoms with E-state index in [0.717, 1.165) is 32.0 Å². The van der Waals surface area contributed by atoms with Gasteiger partial charge in [0.05, 0.1) is 6.61 Å². The molecule has 0 saturated carbocycles. The van der Waals surface area contributed by atoms with Gasteiger partial charge in [-0.05, 0) is 38.3 Å². The molecule has 134 valence electrons. The Balaban J connectivity index is 1.91. The highest BCUT2D eigenvalue weighted by Crippen LogP contribution is 2.24. The fraction of sp³-hybridized carbons (Fsp3) is 0.632. The number of ether oxygens (including phenoxy) is 1. The first-order valence-electron chi connectivity index (χ1n) is 8.74. The molecule has 0 fully saturated rings. The van der Waals surface area contributed by atoms with Gasteiger partial charge in [-0.1, -0.05) is 24.3 Å². The zero-order valence-electron chi connectivity index (χ0n) is 15.7. The average Bonchev–Trinajstić information content (AvgIpc) is 2.58. The van der Waals surface area contributed by atoms with Gasteiger partial charge in [0.1, 0.15) is 0 Å². The average molecular weight is 332 g/mol. The van der Waals surface area contributed by atoms with E-state index in [2.05, 4.69) is 65.6 Å². The highest BCUT2D eigenvalue weighted by atomic mass is 16.5. The van der Waals surface area contributed by atoms with E-state index < -0.39 is 0 Å². The van der Waals surface area contributed by atoms with Crippen molar-refractivity contribution in [3.8, 4) is 0 Å². The van der Waals surface area contributed by atoms with Crippen LogP contribution in [0.2, 0.25) is 0 Å². The van der Waals surface area contributed by atoms with Crippen LogP contribution in [-0.2, 0) is 17.7 Å². The van der Waals surface area contributed by atoms with Crippen LogP contribution in [0.3, 0.4) is 0 Å². The minimum atomic E-state index is 0.0512. The van der Waals surface area contributed by atoms with Crippen molar-refractivity contribution >= 4 is 5.96 Å². The van der Waals surface area contributed by atoms with Gasteiger partial charge in [0, 0.05) is 45.4 Å². The summed E-state index contributed by atoms with van der Waals surface area (Å²) in [5.74, 6) is 0.824. The third-order valence-corrected chi connectivity index (χ3v) is 4.70. The minimum absolute atomic E-state index is 0.0512. The third kappa shape index (κ3) is 4.95. The van der Waals surface area contributed by atoms with Crippen molar-refractivity contribution in [3.05, 3.63) is 35.4 Å². The maximum atomic E-state index is 5.17. The van der Waals surface area contributed by atoms with Crippen LogP contribution in [0.25, 0.3) is 0 Å². The van der Waals surface area contributed by atoms with Gasteiger partial charge in [0.25, 0.3) is 0 Å². The Hall–Kier alpha value is -1.59. The molecule has 2 rings (SSSR count). The molecule has 5 heteroatoms. The van der Waals surface area contributed by atoms with Gasteiger partial charge in [-0.25, -0.2) is 0 Å². The summed E-state index contributed by atoms with van der Waals surface area (Å²) in [7, 11) is 3.52. The van der Waals surface area contributed by atoms with E-state index in [1.54, 1.807) is 14.2 Å². The molecule has 0 radical (unpaired) electrons. The van der Waals surface area contributed by atoms with Crippen molar-refractivity contribution in [1.82, 2.24) is 15.5 Å². The minimum Gasteiger partial charge on any atom is -0.383 e. The summed E-state index contributed by atoms with van der Waals surface area (Å²) in [4.78, 5) is 6.86. The van der Waals surface area contributed by atoms with Gasteiger partial charge < -0.3 is 15.4 Å². The second-order valence-corrected chi connectivity index (χ2v) is 7.18. The van der Waals surface area contributed by atoms with Crippen LogP contribution in [-0.4, -0.2) is 56.3 Å². The Morgan fingerprint density at radius 1 is 1.33 bits per heavy atom. The van der Waals surface area contributed by atoms with Crippen LogP contribution in [0.15, 0.2) is 29.3 Å². The van der Waals surface area contributed by atoms with Crippen LogP contribution in [0, 0.1) is 0 Å². The molecule has 24 heavy (non-hydrogen) atoms. The molecular weight excluding hydrogens is 300 g/mol. The van der Waals surface area contributed by atoms with E-state index in [-0.39, 0.29) is 11.6 Å². The highest BCUT2D eigenvalue weighted by Gasteiger charge is 2.29. The fourth-order valence-corrected chi connectivity index (χ4v) is 3.14. The SMILES string of the molecule is CN=C(NCC(C)(C)N1CCc2ccccc2C1)NC(C)COC. The predicted octanol–water partition coefficient (Wildman–Crippen LogP) is 2.02. The summed E-state index contributed by atoms with van der Waals surface area (Å²) in [6.07, 6.45) is 1.12. The lowest BCUT2D eigenvalue weighted by Gasteiger charge is -2.42. The molecule has 1 aliphatic heterocycles. The standard InChI is InChI=1S/C19H32N4O/c1-15(13-24-5)22-18(20-4)21-14-19(2,3)23-11-10-16-8-6-7-9-17(16)12-23/h6-9,15H,10-14H2,1-5H3,(H2,20,21,22). The number of nitrogens with zero attached hydrogens (tertiary/aromatic N) is 2. The van der Waals surface area contributed by atoms with Crippen molar-refractivity contribution in [3.63, 3.8) is 0 Å². The lowest BCUT2D eigenvalue weighted by atomic mass is 9.94. The number of benzene rings is 1. The number of rotatable bonds is 6. The molecule has 1 aromatic rings. The number of fused-ring (bicyclic) bond motifs is 1. The zero-order chi connectivity index (χ0) is 17.6. The van der Waals surface area contributed by atoms with Crippen LogP contribution in [0.5, 0.6) is 0 Å². The second kappa shape index (κ2) is 8.49. The van der Waals surface area contributed by atoms with Crippen molar-refractivity contribution < 1.29 is 4.74 Å². The predicted molar refractivity (Wildman–Crippen MR) is 100 cm³/mol. The molecule has 0 aliphatic carbocycles. The van der Waals surface area contributed by atoms with Gasteiger partial charge in [0.15, 0.2) is 5.96 Å². The summed E-state index contributed by atoms with van der Waals surface area (Å²) in [6, 6.07) is 9.00. The van der Waals surface area contributed by atoms with Gasteiger partial charge in [-0.15, -0.1) is 0 Å². The van der Waals surface area contributed by atoms with Gasteiger partial charge >= 0.3 is 0 Å². The second-order valence-electron chi connectivity index (χ2n) is 7.18. The maximum Gasteiger partial charge on any atom is 0.191 e. The van der Waals surface area contributed by atoms with Crippen molar-refractivity contribution in [2.75, 3.05) is 33.9 Å². The monoisotopic (exact) mass is 332 g/mol. The topological polar surface area (TPSA) is 48.9 Å². The van der Waals surface area contributed by atoms with Gasteiger partial charge in [0.2, 0.25) is 0 Å². The van der Waals surface area contributed by atoms with Crippen LogP contribution >= 0.6 is 0 Å². The largest absolute Gasteiger partial charge is 0.383 e. The summed E-state index contributed by atoms with van der Waals surface area (Å²) < 4.78 is 5.17. The highest BCUT2D eigenvalue weighted by molar-refractivity contribution is 5.80. The van der Waals surface area contributed by atoms with E-state index in [1.807, 2.05) is 0 Å². The maximum absolute atomic E-state index is 5.17. The van der Waals surface area contributed by atoms with Crippen molar-refractivity contribution in [2.45, 2.75) is 45.3 Å². The smallest absolute Gasteiger partial charge is 0.191 e. The number of hydrogen-bond donors (Lipinski definition) is 2. The summed E-state index contributed by atoms with van der Waals surface area (Å²) in [6.45, 7) is 10.3. The first-order chi connectivity index (χ1) is 11.5. The quantitative estimate of drug-likeness (QED) is 0.618. The van der Waals surface area contributed by atoms with Gasteiger partial charge in [-0.2, -0.15) is 0 Å². The number of nitrogens with one attached hydrogen (secondary N) is 2. The molecule has 1 atom stereocenters. The number of hydrogen-bond acceptors (Lipinski definition) is 3. The molecule has 0 spiro atoms. The van der Waals surface area contributed by atoms with E-state index >= 15 is 0 Å². The molecule has 0 bridgehead atoms. The molecule has 1 aromatic carbocycles. The molecule has 1 heterocycles. The molecule has 0 aromatic heterocycles. The first kappa shape index (κ1) is 18.7. The van der Waals surface area contributed by atoms with Crippen molar-refractivity contribution in [2.24, 2.45) is 4.99 Å². The molecule has 1 unspecified atom stereocenters. The van der Waals surface area contributed by atoms with Crippen LogP contribution in [0.4, 0.5) is 0 Å². The lowest BCUT2D eigenvalue weighted by Crippen LogP contribution is -2.55. The first-order valence-corrected chi connectivity index (χ1v) is 8.74. The lowest BCUT2D eigenvalue weighted by molar-refractivity contribution is 0.107. The molecule has 0 amide bonds. The molecule has 5 nitrogen and oxygen atoms in total. The van der Waals surface area contributed by atoms with E-state index in [1.165, 1.54) is 11.1 Å². The number of methoxy groups -OCH3 is 1. The van der Waals surface area contributed by atoms with Crippen LogP contribution in [0.1, 0.15) is 31.9 Å². The molecule has 2 N–H and O–H groups in total. The Morgan fingerprint density at radius 2 is 2.04 bits per heavy atom. The fourth-order valence-electron chi connectivity index (χ4n) is 3.14. The normalized spacial score (nSPS) is 17.3. The Kier molecular flexibility index (Phi) is 6.63. The molecule has 0 saturated heterocycles. The zero-order valence-corrected chi connectivity index (χ0v) is 15.7. The summed E-state index contributed by atoms with van der Waals surface area (Å²) >= 11 is 0. The van der Waals surface area contributed by atoms with Gasteiger partial charge in [-0.3, -0.25) is 9.89 Å². The molecule has 1 aliphatic rings. The number of guanidine groups is 1. The summed E-state index contributed by atoms with van der Waals surface area (Å²) in [5.41, 5.74) is 2.99. The van der Waals surface area contributed by atoms with Crippen molar-refractivity contribution in [1.29, 1.82) is 0 Å². The third-order valence-electron chi connectivity index (χ3n) is 4.70. The van der Waals surface area contributed by atoms with E-state index in [0.29, 0.717) is 6.61 Å². The Bertz CT molecular complexity index is 556. The number of aliphatic imine (C=N–C) groups is 1. The van der Waals surface area contributed by atoms with E-state index in [4.69, 9.17) is 4.74 Å². The molecular formula is C19H32N4O. The van der Waals surface area contributed by atoms with E-state index in [9.17, 15) is 0 Å². The Morgan fingerprint density at radius 3 is 2.71 bits per heavy atom. The Labute approximate surface area is 146 Å².